The highest BCUT2D eigenvalue weighted by Crippen LogP contribution is 2.47. The van der Waals surface area contributed by atoms with Gasteiger partial charge in [0, 0.05) is 33.1 Å². The van der Waals surface area contributed by atoms with E-state index in [1.165, 1.54) is 65.5 Å². The monoisotopic (exact) mass is 490 g/mol. The Morgan fingerprint density at radius 2 is 1.16 bits per heavy atom. The predicted octanol–water partition coefficient (Wildman–Crippen LogP) is 7.29. The summed E-state index contributed by atoms with van der Waals surface area (Å²) in [6.07, 6.45) is 0. The molecule has 0 bridgehead atoms. The van der Waals surface area contributed by atoms with Crippen molar-refractivity contribution in [3.8, 4) is 0 Å². The maximum Gasteiger partial charge on any atom is 0.254 e. The fourth-order valence-corrected chi connectivity index (χ4v) is 7.52. The molecule has 2 aliphatic heterocycles. The van der Waals surface area contributed by atoms with E-state index in [9.17, 15) is 0 Å². The van der Waals surface area contributed by atoms with Crippen molar-refractivity contribution < 1.29 is 0 Å². The molecular weight excluding hydrogens is 467 g/mol. The van der Waals surface area contributed by atoms with Crippen LogP contribution in [-0.4, -0.2) is 6.71 Å². The van der Waals surface area contributed by atoms with Crippen LogP contribution in [0.1, 0.15) is 5.56 Å². The van der Waals surface area contributed by atoms with E-state index in [1.807, 2.05) is 11.3 Å². The van der Waals surface area contributed by atoms with Crippen LogP contribution >= 0.6 is 11.3 Å². The molecule has 8 rings (SSSR count). The molecule has 37 heavy (non-hydrogen) atoms. The summed E-state index contributed by atoms with van der Waals surface area (Å²) in [5.74, 6) is 0. The number of benzene rings is 5. The van der Waals surface area contributed by atoms with Crippen molar-refractivity contribution in [3.05, 3.63) is 127 Å². The average Bonchev–Trinajstić information content (AvgIpc) is 3.32. The van der Waals surface area contributed by atoms with E-state index < -0.39 is 0 Å². The summed E-state index contributed by atoms with van der Waals surface area (Å²) in [5.41, 5.74) is 11.6. The largest absolute Gasteiger partial charge is 0.311 e. The zero-order valence-electron chi connectivity index (χ0n) is 20.4. The van der Waals surface area contributed by atoms with Crippen molar-refractivity contribution in [3.63, 3.8) is 0 Å². The van der Waals surface area contributed by atoms with Gasteiger partial charge >= 0.3 is 0 Å². The minimum Gasteiger partial charge on any atom is -0.311 e. The van der Waals surface area contributed by atoms with E-state index in [0.717, 1.165) is 0 Å². The third-order valence-electron chi connectivity index (χ3n) is 7.67. The van der Waals surface area contributed by atoms with Crippen LogP contribution in [0.2, 0.25) is 0 Å². The van der Waals surface area contributed by atoms with Crippen LogP contribution < -0.4 is 26.2 Å². The Labute approximate surface area is 221 Å². The van der Waals surface area contributed by atoms with Gasteiger partial charge in [0.2, 0.25) is 0 Å². The van der Waals surface area contributed by atoms with E-state index in [1.54, 1.807) is 0 Å². The van der Waals surface area contributed by atoms with Gasteiger partial charge in [-0.25, -0.2) is 0 Å². The summed E-state index contributed by atoms with van der Waals surface area (Å²) in [7, 11) is 0. The molecule has 2 aliphatic rings. The Balaban J connectivity index is 1.53. The molecular formula is C33H23BN2S. The second-order valence-corrected chi connectivity index (χ2v) is 10.9. The summed E-state index contributed by atoms with van der Waals surface area (Å²) in [6.45, 7) is 2.40. The number of hydrogen-bond donors (Lipinski definition) is 0. The van der Waals surface area contributed by atoms with Gasteiger partial charge in [0.25, 0.3) is 6.71 Å². The maximum atomic E-state index is 2.50. The van der Waals surface area contributed by atoms with Crippen LogP contribution in [0.25, 0.3) is 10.1 Å². The number of rotatable bonds is 2. The maximum absolute atomic E-state index is 2.50. The Morgan fingerprint density at radius 3 is 1.92 bits per heavy atom. The molecule has 3 heterocycles. The van der Waals surface area contributed by atoms with Gasteiger partial charge in [-0.3, -0.25) is 0 Å². The molecule has 5 aromatic carbocycles. The molecule has 0 fully saturated rings. The molecule has 1 aromatic heterocycles. The minimum atomic E-state index is 0.174. The van der Waals surface area contributed by atoms with Crippen molar-refractivity contribution in [1.82, 2.24) is 0 Å². The van der Waals surface area contributed by atoms with E-state index >= 15 is 0 Å². The number of thiophene rings is 1. The molecule has 0 N–H and O–H groups in total. The first-order valence-electron chi connectivity index (χ1n) is 12.7. The van der Waals surface area contributed by atoms with Crippen molar-refractivity contribution in [2.24, 2.45) is 0 Å². The number of nitrogens with zero attached hydrogens (tertiary/aromatic N) is 2. The lowest BCUT2D eigenvalue weighted by atomic mass is 9.33. The standard InChI is InChI=1S/C33H23BN2S/c1-22-20-28-32-29(21-22)36(24-14-6-3-7-15-24)33-31(25-16-8-11-19-30(25)37-33)34(32)26-17-9-10-18-27(26)35(28)23-12-4-2-5-13-23/h2-21H,1H3. The molecule has 0 radical (unpaired) electrons. The Kier molecular flexibility index (Phi) is 4.43. The van der Waals surface area contributed by atoms with Gasteiger partial charge in [-0.15, -0.1) is 11.3 Å². The smallest absolute Gasteiger partial charge is 0.254 e. The number of para-hydroxylation sites is 3. The van der Waals surface area contributed by atoms with Gasteiger partial charge in [0.1, 0.15) is 0 Å². The van der Waals surface area contributed by atoms with Crippen LogP contribution in [-0.2, 0) is 0 Å². The fraction of sp³-hybridized carbons (Fsp3) is 0.0303. The number of fused-ring (bicyclic) bond motifs is 6. The normalized spacial score (nSPS) is 13.4. The Bertz CT molecular complexity index is 1810. The van der Waals surface area contributed by atoms with Crippen molar-refractivity contribution in [2.75, 3.05) is 9.80 Å². The lowest BCUT2D eigenvalue weighted by molar-refractivity contribution is 1.25. The molecule has 0 atom stereocenters. The van der Waals surface area contributed by atoms with Crippen molar-refractivity contribution in [1.29, 1.82) is 0 Å². The Hall–Kier alpha value is -4.28. The number of aryl methyl sites for hydroxylation is 1. The van der Waals surface area contributed by atoms with Crippen LogP contribution in [0.5, 0.6) is 0 Å². The van der Waals surface area contributed by atoms with Crippen molar-refractivity contribution in [2.45, 2.75) is 6.92 Å². The van der Waals surface area contributed by atoms with Gasteiger partial charge in [-0.1, -0.05) is 72.8 Å². The Morgan fingerprint density at radius 1 is 0.568 bits per heavy atom. The molecule has 0 unspecified atom stereocenters. The molecule has 0 amide bonds. The number of hydrogen-bond acceptors (Lipinski definition) is 3. The van der Waals surface area contributed by atoms with Gasteiger partial charge in [0.05, 0.1) is 5.00 Å². The topological polar surface area (TPSA) is 6.48 Å². The average molecular weight is 490 g/mol. The van der Waals surface area contributed by atoms with Crippen molar-refractivity contribution >= 4 is 78.0 Å². The molecule has 0 aliphatic carbocycles. The van der Waals surface area contributed by atoms with Gasteiger partial charge in [-0.2, -0.15) is 0 Å². The van der Waals surface area contributed by atoms with Gasteiger partial charge in [0.15, 0.2) is 0 Å². The lowest BCUT2D eigenvalue weighted by Gasteiger charge is -2.43. The lowest BCUT2D eigenvalue weighted by Crippen LogP contribution is -2.61. The zero-order valence-corrected chi connectivity index (χ0v) is 21.2. The van der Waals surface area contributed by atoms with Crippen LogP contribution in [0.15, 0.2) is 121 Å². The first kappa shape index (κ1) is 20.9. The molecule has 174 valence electrons. The zero-order chi connectivity index (χ0) is 24.5. The van der Waals surface area contributed by atoms with E-state index in [4.69, 9.17) is 0 Å². The molecule has 0 spiro atoms. The van der Waals surface area contributed by atoms with Gasteiger partial charge < -0.3 is 9.80 Å². The second kappa shape index (κ2) is 7.86. The van der Waals surface area contributed by atoms with Crippen LogP contribution in [0, 0.1) is 6.92 Å². The first-order chi connectivity index (χ1) is 18.3. The summed E-state index contributed by atoms with van der Waals surface area (Å²) < 4.78 is 1.34. The minimum absolute atomic E-state index is 0.174. The van der Waals surface area contributed by atoms with Crippen LogP contribution in [0.3, 0.4) is 0 Å². The van der Waals surface area contributed by atoms with E-state index in [0.29, 0.717) is 0 Å². The quantitative estimate of drug-likeness (QED) is 0.235. The molecule has 2 nitrogen and oxygen atoms in total. The highest BCUT2D eigenvalue weighted by molar-refractivity contribution is 7.26. The SMILES string of the molecule is Cc1cc2c3c(c1)N(c1ccccc1)c1sc4ccccc4c1B3c1ccccc1N2c1ccccc1. The molecule has 0 saturated heterocycles. The summed E-state index contributed by atoms with van der Waals surface area (Å²) in [5, 5.41) is 2.68. The molecule has 4 heteroatoms. The van der Waals surface area contributed by atoms with Crippen LogP contribution in [0.4, 0.5) is 33.4 Å². The highest BCUT2D eigenvalue weighted by Gasteiger charge is 2.44. The summed E-state index contributed by atoms with van der Waals surface area (Å²) >= 11 is 1.91. The predicted molar refractivity (Wildman–Crippen MR) is 161 cm³/mol. The molecule has 6 aromatic rings. The van der Waals surface area contributed by atoms with E-state index in [2.05, 4.69) is 138 Å². The molecule has 0 saturated carbocycles. The van der Waals surface area contributed by atoms with Gasteiger partial charge in [-0.05, 0) is 82.8 Å². The third-order valence-corrected chi connectivity index (χ3v) is 8.85. The second-order valence-electron chi connectivity index (χ2n) is 9.87. The van der Waals surface area contributed by atoms with E-state index in [-0.39, 0.29) is 6.71 Å². The highest BCUT2D eigenvalue weighted by atomic mass is 32.1. The third kappa shape index (κ3) is 2.94. The first-order valence-corrected chi connectivity index (χ1v) is 13.6. The summed E-state index contributed by atoms with van der Waals surface area (Å²) in [4.78, 5) is 4.96. The summed E-state index contributed by atoms with van der Waals surface area (Å²) in [6, 6.07) is 44.3. The fourth-order valence-electron chi connectivity index (χ4n) is 6.24. The number of anilines is 6.